The third kappa shape index (κ3) is 4.97. The van der Waals surface area contributed by atoms with Gasteiger partial charge in [0.25, 0.3) is 0 Å². The molecule has 0 aliphatic carbocycles. The summed E-state index contributed by atoms with van der Waals surface area (Å²) in [5.74, 6) is 0.0968. The number of anilines is 1. The van der Waals surface area contributed by atoms with E-state index in [2.05, 4.69) is 0 Å². The predicted octanol–water partition coefficient (Wildman–Crippen LogP) is 1.60. The van der Waals surface area contributed by atoms with Gasteiger partial charge in [0, 0.05) is 22.8 Å². The molecule has 17 heavy (non-hydrogen) atoms. The molecule has 1 rings (SSSR count). The van der Waals surface area contributed by atoms with Crippen LogP contribution in [0.25, 0.3) is 0 Å². The van der Waals surface area contributed by atoms with Crippen LogP contribution >= 0.6 is 23.4 Å². The summed E-state index contributed by atoms with van der Waals surface area (Å²) in [6.07, 6.45) is 0.189. The van der Waals surface area contributed by atoms with Crippen LogP contribution in [-0.2, 0) is 4.79 Å². The molecular weight excluding hydrogens is 262 g/mol. The Kier molecular flexibility index (Phi) is 5.11. The fourth-order valence-corrected chi connectivity index (χ4v) is 2.31. The van der Waals surface area contributed by atoms with Crippen molar-refractivity contribution in [1.82, 2.24) is 5.32 Å². The average molecular weight is 274 g/mol. The summed E-state index contributed by atoms with van der Waals surface area (Å²) in [6, 6.07) is 4.32. The number of hydrogen-bond acceptors (Lipinski definition) is 4. The Labute approximate surface area is 108 Å². The third-order valence-corrected chi connectivity index (χ3v) is 3.31. The van der Waals surface area contributed by atoms with Crippen molar-refractivity contribution < 1.29 is 9.59 Å². The van der Waals surface area contributed by atoms with Gasteiger partial charge in [-0.25, -0.2) is 4.79 Å². The van der Waals surface area contributed by atoms with E-state index >= 15 is 0 Å². The maximum Gasteiger partial charge on any atom is 0.318 e. The summed E-state index contributed by atoms with van der Waals surface area (Å²) >= 11 is 7.36. The van der Waals surface area contributed by atoms with Gasteiger partial charge in [-0.15, -0.1) is 11.8 Å². The molecule has 0 atom stereocenters. The Morgan fingerprint density at radius 1 is 1.41 bits per heavy atom. The summed E-state index contributed by atoms with van der Waals surface area (Å²) in [4.78, 5) is 22.3. The first-order valence-corrected chi connectivity index (χ1v) is 6.12. The summed E-state index contributed by atoms with van der Waals surface area (Å²) in [5.41, 5.74) is 10.9. The third-order valence-electron chi connectivity index (χ3n) is 1.81. The minimum Gasteiger partial charge on any atom is -0.399 e. The van der Waals surface area contributed by atoms with Gasteiger partial charge in [0.2, 0.25) is 5.91 Å². The van der Waals surface area contributed by atoms with Gasteiger partial charge in [-0.3, -0.25) is 10.1 Å². The number of halogens is 1. The van der Waals surface area contributed by atoms with Crippen molar-refractivity contribution in [3.63, 3.8) is 0 Å². The Hall–Kier alpha value is -1.40. The molecule has 0 aromatic heterocycles. The van der Waals surface area contributed by atoms with Gasteiger partial charge in [-0.2, -0.15) is 0 Å². The summed E-state index contributed by atoms with van der Waals surface area (Å²) in [5, 5.41) is 2.53. The molecule has 92 valence electrons. The number of carbonyl (C=O) groups excluding carboxylic acids is 2. The summed E-state index contributed by atoms with van der Waals surface area (Å²) in [7, 11) is 0. The molecule has 0 unspecified atom stereocenters. The molecule has 1 aromatic rings. The van der Waals surface area contributed by atoms with Crippen LogP contribution in [0.2, 0.25) is 5.02 Å². The number of nitrogen functional groups attached to an aromatic ring is 1. The van der Waals surface area contributed by atoms with Crippen LogP contribution in [0.4, 0.5) is 10.5 Å². The molecule has 0 aliphatic heterocycles. The first-order valence-electron chi connectivity index (χ1n) is 4.76. The van der Waals surface area contributed by atoms with Crippen LogP contribution in [0.1, 0.15) is 6.42 Å². The molecule has 7 heteroatoms. The van der Waals surface area contributed by atoms with Crippen LogP contribution in [-0.4, -0.2) is 17.7 Å². The molecule has 0 spiro atoms. The van der Waals surface area contributed by atoms with Gasteiger partial charge in [0.1, 0.15) is 0 Å². The minimum absolute atomic E-state index is 0.189. The zero-order valence-corrected chi connectivity index (χ0v) is 10.5. The average Bonchev–Trinajstić information content (AvgIpc) is 2.20. The van der Waals surface area contributed by atoms with E-state index in [1.807, 2.05) is 5.32 Å². The van der Waals surface area contributed by atoms with Crippen molar-refractivity contribution in [2.45, 2.75) is 11.3 Å². The molecular formula is C10H12ClN3O2S. The van der Waals surface area contributed by atoms with E-state index in [4.69, 9.17) is 23.1 Å². The van der Waals surface area contributed by atoms with Crippen LogP contribution < -0.4 is 16.8 Å². The molecule has 0 saturated heterocycles. The Morgan fingerprint density at radius 2 is 2.12 bits per heavy atom. The van der Waals surface area contributed by atoms with E-state index in [0.717, 1.165) is 4.90 Å². The predicted molar refractivity (Wildman–Crippen MR) is 68.9 cm³/mol. The zero-order chi connectivity index (χ0) is 12.8. The molecule has 0 heterocycles. The highest BCUT2D eigenvalue weighted by atomic mass is 35.5. The summed E-state index contributed by atoms with van der Waals surface area (Å²) < 4.78 is 0. The van der Waals surface area contributed by atoms with Crippen LogP contribution in [0.15, 0.2) is 23.1 Å². The molecule has 0 fully saturated rings. The fourth-order valence-electron chi connectivity index (χ4n) is 1.09. The quantitative estimate of drug-likeness (QED) is 0.573. The van der Waals surface area contributed by atoms with Gasteiger partial charge >= 0.3 is 6.03 Å². The van der Waals surface area contributed by atoms with Crippen molar-refractivity contribution in [3.05, 3.63) is 23.2 Å². The summed E-state index contributed by atoms with van der Waals surface area (Å²) in [6.45, 7) is 0. The number of primary amides is 1. The second-order valence-electron chi connectivity index (χ2n) is 3.20. The zero-order valence-electron chi connectivity index (χ0n) is 8.90. The van der Waals surface area contributed by atoms with Crippen LogP contribution in [0.3, 0.4) is 0 Å². The first-order chi connectivity index (χ1) is 7.99. The van der Waals surface area contributed by atoms with Gasteiger partial charge in [0.15, 0.2) is 0 Å². The Morgan fingerprint density at radius 3 is 2.71 bits per heavy atom. The maximum atomic E-state index is 11.1. The van der Waals surface area contributed by atoms with E-state index in [0.29, 0.717) is 16.5 Å². The highest BCUT2D eigenvalue weighted by molar-refractivity contribution is 7.99. The SMILES string of the molecule is NC(=O)NC(=O)CCSc1ccc(N)cc1Cl. The lowest BCUT2D eigenvalue weighted by Crippen LogP contribution is -2.35. The molecule has 0 saturated carbocycles. The van der Waals surface area contributed by atoms with Gasteiger partial charge in [-0.05, 0) is 18.2 Å². The highest BCUT2D eigenvalue weighted by Crippen LogP contribution is 2.29. The second-order valence-corrected chi connectivity index (χ2v) is 4.74. The number of nitrogens with two attached hydrogens (primary N) is 2. The van der Waals surface area contributed by atoms with E-state index < -0.39 is 11.9 Å². The van der Waals surface area contributed by atoms with E-state index in [1.165, 1.54) is 11.8 Å². The molecule has 5 nitrogen and oxygen atoms in total. The van der Waals surface area contributed by atoms with Crippen LogP contribution in [0.5, 0.6) is 0 Å². The Bertz CT molecular complexity index is 440. The molecule has 1 aromatic carbocycles. The Balaban J connectivity index is 2.41. The number of benzene rings is 1. The monoisotopic (exact) mass is 273 g/mol. The number of hydrogen-bond donors (Lipinski definition) is 3. The highest BCUT2D eigenvalue weighted by Gasteiger charge is 2.06. The van der Waals surface area contributed by atoms with Gasteiger partial charge in [0.05, 0.1) is 5.02 Å². The van der Waals surface area contributed by atoms with Crippen molar-refractivity contribution in [1.29, 1.82) is 0 Å². The lowest BCUT2D eigenvalue weighted by atomic mass is 10.3. The number of imide groups is 1. The number of carbonyl (C=O) groups is 2. The smallest absolute Gasteiger partial charge is 0.318 e. The molecule has 0 radical (unpaired) electrons. The number of urea groups is 1. The fraction of sp³-hybridized carbons (Fsp3) is 0.200. The minimum atomic E-state index is -0.842. The number of amides is 3. The normalized spacial score (nSPS) is 9.94. The van der Waals surface area contributed by atoms with Crippen molar-refractivity contribution in [2.75, 3.05) is 11.5 Å². The van der Waals surface area contributed by atoms with Gasteiger partial charge < -0.3 is 11.5 Å². The molecule has 0 bridgehead atoms. The van der Waals surface area contributed by atoms with Gasteiger partial charge in [-0.1, -0.05) is 11.6 Å². The molecule has 5 N–H and O–H groups in total. The van der Waals surface area contributed by atoms with E-state index in [1.54, 1.807) is 18.2 Å². The number of nitrogens with one attached hydrogen (secondary N) is 1. The topological polar surface area (TPSA) is 98.2 Å². The van der Waals surface area contributed by atoms with Crippen molar-refractivity contribution in [2.24, 2.45) is 5.73 Å². The lowest BCUT2D eigenvalue weighted by molar-refractivity contribution is -0.119. The largest absolute Gasteiger partial charge is 0.399 e. The second kappa shape index (κ2) is 6.36. The lowest BCUT2D eigenvalue weighted by Gasteiger charge is -2.04. The standard InChI is InChI=1S/C10H12ClN3O2S/c11-7-5-6(12)1-2-8(7)17-4-3-9(15)14-10(13)16/h1-2,5H,3-4,12H2,(H3,13,14,15,16). The first kappa shape index (κ1) is 13.7. The van der Waals surface area contributed by atoms with Crippen molar-refractivity contribution >= 4 is 41.0 Å². The van der Waals surface area contributed by atoms with Crippen molar-refractivity contribution in [3.8, 4) is 0 Å². The maximum absolute atomic E-state index is 11.1. The number of rotatable bonds is 4. The van der Waals surface area contributed by atoms with E-state index in [9.17, 15) is 9.59 Å². The van der Waals surface area contributed by atoms with E-state index in [-0.39, 0.29) is 6.42 Å². The number of thioether (sulfide) groups is 1. The van der Waals surface area contributed by atoms with Crippen LogP contribution in [0, 0.1) is 0 Å². The molecule has 3 amide bonds. The molecule has 0 aliphatic rings.